The predicted octanol–water partition coefficient (Wildman–Crippen LogP) is 15.5. The van der Waals surface area contributed by atoms with E-state index in [9.17, 15) is 15.0 Å². The van der Waals surface area contributed by atoms with Gasteiger partial charge in [0.1, 0.15) is 24.1 Å². The van der Waals surface area contributed by atoms with Gasteiger partial charge < -0.3 is 39.5 Å². The van der Waals surface area contributed by atoms with Crippen molar-refractivity contribution >= 4 is 28.5 Å². The number of rotatable bonds is 38. The first-order chi connectivity index (χ1) is 37.3. The van der Waals surface area contributed by atoms with E-state index in [1.165, 1.54) is 89.9 Å². The van der Waals surface area contributed by atoms with E-state index in [2.05, 4.69) is 74.3 Å². The molecule has 1 fully saturated rings. The maximum atomic E-state index is 15.5. The van der Waals surface area contributed by atoms with E-state index in [4.69, 9.17) is 24.2 Å². The van der Waals surface area contributed by atoms with Gasteiger partial charge in [-0.05, 0) is 97.4 Å². The molecule has 11 nitrogen and oxygen atoms in total. The van der Waals surface area contributed by atoms with E-state index in [1.807, 2.05) is 30.0 Å². The smallest absolute Gasteiger partial charge is 0.412 e. The van der Waals surface area contributed by atoms with Gasteiger partial charge in [0.2, 0.25) is 11.7 Å². The van der Waals surface area contributed by atoms with Crippen LogP contribution in [0.5, 0.6) is 11.5 Å². The van der Waals surface area contributed by atoms with Crippen LogP contribution in [0.15, 0.2) is 90.1 Å². The van der Waals surface area contributed by atoms with Crippen LogP contribution in [0, 0.1) is 17.8 Å². The lowest BCUT2D eigenvalue weighted by Crippen LogP contribution is -2.70. The van der Waals surface area contributed by atoms with Crippen LogP contribution in [0.3, 0.4) is 0 Å². The number of nitrogens with one attached hydrogen (secondary N) is 1. The number of allylic oxidation sites excluding steroid dienone is 1. The Morgan fingerprint density at radius 1 is 0.776 bits per heavy atom. The first kappa shape index (κ1) is 60.5. The molecule has 3 aromatic rings. The summed E-state index contributed by atoms with van der Waals surface area (Å²) in [5, 5.41) is 30.3. The molecule has 0 aromatic heterocycles. The summed E-state index contributed by atoms with van der Waals surface area (Å²) in [5.41, 5.74) is 3.70. The van der Waals surface area contributed by atoms with E-state index in [0.29, 0.717) is 56.9 Å². The summed E-state index contributed by atoms with van der Waals surface area (Å²) in [6, 6.07) is 19.7. The van der Waals surface area contributed by atoms with Gasteiger partial charge in [0, 0.05) is 50.6 Å². The van der Waals surface area contributed by atoms with Crippen LogP contribution < -0.4 is 14.8 Å². The van der Waals surface area contributed by atoms with Crippen LogP contribution in [-0.4, -0.2) is 77.6 Å². The number of aliphatic hydroxyl groups is 2. The minimum absolute atomic E-state index is 0.0325. The second kappa shape index (κ2) is 33.6. The molecule has 3 aliphatic rings. The highest BCUT2D eigenvalue weighted by Gasteiger charge is 2.65. The molecule has 11 heteroatoms. The maximum absolute atomic E-state index is 15.5. The molecule has 3 aromatic carbocycles. The second-order valence-corrected chi connectivity index (χ2v) is 21.9. The van der Waals surface area contributed by atoms with E-state index in [0.717, 1.165) is 91.0 Å². The molecule has 3 N–H and O–H groups in total. The van der Waals surface area contributed by atoms with Crippen molar-refractivity contribution in [3.05, 3.63) is 96.1 Å². The molecular weight excluding hydrogens is 951 g/mol. The van der Waals surface area contributed by atoms with Gasteiger partial charge in [-0.25, -0.2) is 4.79 Å². The highest BCUT2D eigenvalue weighted by molar-refractivity contribution is 6.03. The quantitative estimate of drug-likeness (QED) is 0.0293. The topological polar surface area (TPSA) is 139 Å². The first-order valence-corrected chi connectivity index (χ1v) is 30.3. The number of hydrogen-bond acceptors (Lipinski definition) is 9. The summed E-state index contributed by atoms with van der Waals surface area (Å²) in [6.45, 7) is 12.2. The number of amides is 2. The summed E-state index contributed by atoms with van der Waals surface area (Å²) >= 11 is 0. The highest BCUT2D eigenvalue weighted by atomic mass is 16.7. The highest BCUT2D eigenvalue weighted by Crippen LogP contribution is 2.62. The number of benzene rings is 3. The van der Waals surface area contributed by atoms with Crippen LogP contribution in [-0.2, 0) is 20.9 Å². The zero-order chi connectivity index (χ0) is 53.8. The Bertz CT molecular complexity index is 2260. The Morgan fingerprint density at radius 2 is 1.42 bits per heavy atom. The molecule has 6 atom stereocenters. The zero-order valence-electron chi connectivity index (χ0n) is 47.1. The Balaban J connectivity index is 1.40. The molecule has 76 heavy (non-hydrogen) atoms. The number of oxime groups is 1. The van der Waals surface area contributed by atoms with Crippen molar-refractivity contribution < 1.29 is 38.9 Å². The van der Waals surface area contributed by atoms with Gasteiger partial charge in [-0.1, -0.05) is 196 Å². The fourth-order valence-corrected chi connectivity index (χ4v) is 12.5. The largest absolute Gasteiger partial charge is 0.459 e. The van der Waals surface area contributed by atoms with Gasteiger partial charge in [-0.3, -0.25) is 4.79 Å². The van der Waals surface area contributed by atoms with Crippen molar-refractivity contribution in [3.8, 4) is 11.5 Å². The molecule has 0 bridgehead atoms. The van der Waals surface area contributed by atoms with Gasteiger partial charge in [0.25, 0.3) is 0 Å². The van der Waals surface area contributed by atoms with Gasteiger partial charge in [-0.2, -0.15) is 0 Å². The molecule has 0 radical (unpaired) electrons. The number of aliphatic hydroxyl groups excluding tert-OH is 2. The molecule has 1 aliphatic heterocycles. The normalized spacial score (nSPS) is 21.1. The standard InChI is InChI=1S/C65H97N3O8/c1-5-9-11-13-15-17-19-21-23-29-42-66-64(72)75-53-40-41-59-57(47-53)62-55(38-28-31-44-70)51(34-27-30-43-69)46-56-58(67-74-8-4)48-60(65(76-59,63(56)62)73-45-7-3)68(49-52-36-32-35-50-33-25-26-37-54(50)52)61(71)39-24-22-20-18-16-14-12-10-6-2/h7,25-26,32-33,35-37,40-41,46-47,51,55,60,62-63,69-70H,3,5-6,8-24,27-31,34,38-39,42-45,48-49H2,1-2,4H3,(H,66,72)/t51-,55+,60-,62+,63+,65+/m0/s1. The maximum Gasteiger partial charge on any atom is 0.412 e. The summed E-state index contributed by atoms with van der Waals surface area (Å²) in [4.78, 5) is 37.1. The van der Waals surface area contributed by atoms with E-state index < -0.39 is 23.8 Å². The molecule has 2 amide bonds. The number of unbranched alkanes of at least 4 members (excludes halogenated alkanes) is 19. The second-order valence-electron chi connectivity index (χ2n) is 21.9. The van der Waals surface area contributed by atoms with Crippen molar-refractivity contribution in [1.29, 1.82) is 0 Å². The first-order valence-electron chi connectivity index (χ1n) is 30.3. The van der Waals surface area contributed by atoms with Crippen LogP contribution in [0.2, 0.25) is 0 Å². The monoisotopic (exact) mass is 1050 g/mol. The minimum Gasteiger partial charge on any atom is -0.459 e. The number of carbonyl (C=O) groups excluding carboxylic acids is 2. The van der Waals surface area contributed by atoms with Crippen molar-refractivity contribution in [2.75, 3.05) is 33.0 Å². The molecular formula is C65H97N3O8. The lowest BCUT2D eigenvalue weighted by Gasteiger charge is -2.60. The molecule has 1 heterocycles. The molecule has 1 saturated carbocycles. The molecule has 0 unspecified atom stereocenters. The third-order valence-electron chi connectivity index (χ3n) is 16.4. The van der Waals surface area contributed by atoms with E-state index in [-0.39, 0.29) is 43.5 Å². The van der Waals surface area contributed by atoms with E-state index >= 15 is 4.79 Å². The van der Waals surface area contributed by atoms with Crippen LogP contribution in [0.25, 0.3) is 10.8 Å². The lowest BCUT2D eigenvalue weighted by atomic mass is 9.55. The summed E-state index contributed by atoms with van der Waals surface area (Å²) < 4.78 is 21.0. The summed E-state index contributed by atoms with van der Waals surface area (Å²) in [5.74, 6) is -0.922. The van der Waals surface area contributed by atoms with Crippen molar-refractivity contribution in [2.24, 2.45) is 22.9 Å². The molecule has 2 aliphatic carbocycles. The van der Waals surface area contributed by atoms with Gasteiger partial charge in [-0.15, -0.1) is 6.58 Å². The SMILES string of the molecule is C=CCO[C@@]12Oc3ccc(OC(=O)NCCCCCCCCCCCC)cc3[C@H]3[C@H](CCCCO)[C@@H](CCCCO)C=C(C(=NOCC)C[C@@H]1N(Cc1cccc4ccccc14)C(=O)CCCCCCCCCCC)[C@H]32. The van der Waals surface area contributed by atoms with Gasteiger partial charge in [0.05, 0.1) is 18.2 Å². The Hall–Kier alpha value is -4.71. The number of nitrogens with zero attached hydrogens (tertiary/aromatic N) is 2. The van der Waals surface area contributed by atoms with Crippen LogP contribution in [0.1, 0.15) is 211 Å². The van der Waals surface area contributed by atoms with Gasteiger partial charge >= 0.3 is 6.09 Å². The predicted molar refractivity (Wildman–Crippen MR) is 309 cm³/mol. The average molecular weight is 1050 g/mol. The Morgan fingerprint density at radius 3 is 2.09 bits per heavy atom. The lowest BCUT2D eigenvalue weighted by molar-refractivity contribution is -0.258. The summed E-state index contributed by atoms with van der Waals surface area (Å²) in [7, 11) is 0. The Labute approximate surface area is 457 Å². The minimum atomic E-state index is -1.40. The van der Waals surface area contributed by atoms with Gasteiger partial charge in [0.15, 0.2) is 0 Å². The number of fused-ring (bicyclic) bond motifs is 3. The fraction of sp³-hybridized carbons (Fsp3) is 0.646. The average Bonchev–Trinajstić information content (AvgIpc) is 3.56. The molecule has 0 spiro atoms. The van der Waals surface area contributed by atoms with E-state index in [1.54, 1.807) is 6.08 Å². The third kappa shape index (κ3) is 17.1. The van der Waals surface area contributed by atoms with Crippen molar-refractivity contribution in [2.45, 2.75) is 218 Å². The molecule has 6 rings (SSSR count). The fourth-order valence-electron chi connectivity index (χ4n) is 12.5. The number of hydrogen-bond donors (Lipinski definition) is 3. The summed E-state index contributed by atoms with van der Waals surface area (Å²) in [6.07, 6.45) is 31.5. The number of carbonyl (C=O) groups is 2. The van der Waals surface area contributed by atoms with Crippen LogP contribution >= 0.6 is 0 Å². The Kier molecular flexibility index (Phi) is 26.7. The zero-order valence-corrected chi connectivity index (χ0v) is 47.1. The van der Waals surface area contributed by atoms with Crippen molar-refractivity contribution in [3.63, 3.8) is 0 Å². The number of ether oxygens (including phenoxy) is 3. The van der Waals surface area contributed by atoms with Crippen LogP contribution in [0.4, 0.5) is 4.79 Å². The molecule has 420 valence electrons. The third-order valence-corrected chi connectivity index (χ3v) is 16.4. The molecule has 0 saturated heterocycles. The van der Waals surface area contributed by atoms with Crippen molar-refractivity contribution in [1.82, 2.24) is 10.2 Å².